The van der Waals surface area contributed by atoms with Crippen LogP contribution in [0.4, 0.5) is 4.39 Å². The van der Waals surface area contributed by atoms with Gasteiger partial charge in [0.2, 0.25) is 11.8 Å². The van der Waals surface area contributed by atoms with E-state index in [0.29, 0.717) is 19.4 Å². The molecule has 1 heterocycles. The number of ketones is 1. The molecule has 0 radical (unpaired) electrons. The van der Waals surface area contributed by atoms with Crippen molar-refractivity contribution >= 4 is 11.7 Å². The van der Waals surface area contributed by atoms with Gasteiger partial charge in [0.15, 0.2) is 5.78 Å². The van der Waals surface area contributed by atoms with E-state index >= 15 is 0 Å². The lowest BCUT2D eigenvalue weighted by Gasteiger charge is -2.18. The Morgan fingerprint density at radius 2 is 2.35 bits per heavy atom. The molecule has 1 rings (SSSR count). The number of hydrogen-bond donors (Lipinski definition) is 2. The van der Waals surface area contributed by atoms with Crippen LogP contribution in [0, 0.1) is 5.92 Å². The Labute approximate surface area is 99.9 Å². The second-order valence-electron chi connectivity index (χ2n) is 4.74. The van der Waals surface area contributed by atoms with Crippen molar-refractivity contribution < 1.29 is 18.7 Å². The highest BCUT2D eigenvalue weighted by Crippen LogP contribution is 2.16. The summed E-state index contributed by atoms with van der Waals surface area (Å²) in [5.74, 6) is -2.51. The van der Waals surface area contributed by atoms with Crippen LogP contribution in [0.15, 0.2) is 0 Å². The number of halogens is 1. The molecule has 0 aromatic heterocycles. The van der Waals surface area contributed by atoms with Crippen LogP contribution in [0.3, 0.4) is 0 Å². The summed E-state index contributed by atoms with van der Waals surface area (Å²) in [7, 11) is 0. The number of hydrogen-bond acceptors (Lipinski definition) is 4. The van der Waals surface area contributed by atoms with Gasteiger partial charge in [-0.25, -0.2) is 4.39 Å². The van der Waals surface area contributed by atoms with Crippen LogP contribution >= 0.6 is 0 Å². The van der Waals surface area contributed by atoms with Gasteiger partial charge in [0.1, 0.15) is 6.61 Å². The molecule has 1 saturated heterocycles. The molecule has 0 aliphatic carbocycles. The van der Waals surface area contributed by atoms with Crippen molar-refractivity contribution in [3.05, 3.63) is 0 Å². The quantitative estimate of drug-likeness (QED) is 0.698. The average molecular weight is 246 g/mol. The number of rotatable bonds is 6. The van der Waals surface area contributed by atoms with Crippen molar-refractivity contribution in [1.29, 1.82) is 0 Å². The van der Waals surface area contributed by atoms with E-state index in [9.17, 15) is 14.0 Å². The number of amides is 1. The molecule has 0 spiro atoms. The standard InChI is InChI=1S/C11H19FN2O3/c1-11(2,12)17-6-9(15)8(13)5-7-3-4-14-10(7)16/h7-8H,3-6,13H2,1-2H3,(H,14,16)/t7-,8-/m0/s1. The van der Waals surface area contributed by atoms with E-state index in [1.807, 2.05) is 0 Å². The van der Waals surface area contributed by atoms with Gasteiger partial charge in [-0.05, 0) is 26.7 Å². The number of carbonyl (C=O) groups excluding carboxylic acids is 2. The summed E-state index contributed by atoms with van der Waals surface area (Å²) in [4.78, 5) is 22.8. The van der Waals surface area contributed by atoms with Gasteiger partial charge in [0.25, 0.3) is 0 Å². The Hall–Kier alpha value is -1.01. The van der Waals surface area contributed by atoms with Crippen LogP contribution < -0.4 is 11.1 Å². The topological polar surface area (TPSA) is 81.4 Å². The zero-order chi connectivity index (χ0) is 13.1. The Morgan fingerprint density at radius 3 is 2.82 bits per heavy atom. The molecule has 0 aromatic carbocycles. The largest absolute Gasteiger partial charge is 0.356 e. The minimum atomic E-state index is -1.85. The van der Waals surface area contributed by atoms with E-state index in [4.69, 9.17) is 10.5 Å². The van der Waals surface area contributed by atoms with Crippen molar-refractivity contribution in [3.8, 4) is 0 Å². The van der Waals surface area contributed by atoms with Crippen LogP contribution in [0.25, 0.3) is 0 Å². The molecule has 1 amide bonds. The SMILES string of the molecule is CC(C)(F)OCC(=O)[C@@H](N)C[C@@H]1CCNC1=O. The lowest BCUT2D eigenvalue weighted by molar-refractivity contribution is -0.147. The van der Waals surface area contributed by atoms with E-state index in [2.05, 4.69) is 5.32 Å². The zero-order valence-electron chi connectivity index (χ0n) is 10.2. The van der Waals surface area contributed by atoms with Crippen molar-refractivity contribution in [1.82, 2.24) is 5.32 Å². The zero-order valence-corrected chi connectivity index (χ0v) is 10.2. The van der Waals surface area contributed by atoms with Gasteiger partial charge in [-0.2, -0.15) is 0 Å². The maximum Gasteiger partial charge on any atom is 0.223 e. The molecule has 0 aromatic rings. The van der Waals surface area contributed by atoms with Gasteiger partial charge in [-0.3, -0.25) is 9.59 Å². The molecular weight excluding hydrogens is 227 g/mol. The van der Waals surface area contributed by atoms with E-state index in [1.165, 1.54) is 13.8 Å². The lowest BCUT2D eigenvalue weighted by atomic mass is 9.97. The Kier molecular flexibility index (Phi) is 4.59. The number of alkyl halides is 1. The second-order valence-corrected chi connectivity index (χ2v) is 4.74. The number of ether oxygens (including phenoxy) is 1. The Bertz CT molecular complexity index is 302. The van der Waals surface area contributed by atoms with Crippen LogP contribution in [0.1, 0.15) is 26.7 Å². The molecule has 1 fully saturated rings. The van der Waals surface area contributed by atoms with Gasteiger partial charge >= 0.3 is 0 Å². The van der Waals surface area contributed by atoms with Gasteiger partial charge in [0.05, 0.1) is 6.04 Å². The fraction of sp³-hybridized carbons (Fsp3) is 0.818. The van der Waals surface area contributed by atoms with Crippen molar-refractivity contribution in [2.45, 2.75) is 38.6 Å². The van der Waals surface area contributed by atoms with Crippen LogP contribution in [0.5, 0.6) is 0 Å². The molecule has 1 aliphatic rings. The first-order valence-corrected chi connectivity index (χ1v) is 5.68. The predicted octanol–water partition coefficient (Wildman–Crippen LogP) is 0.131. The third kappa shape index (κ3) is 4.79. The molecule has 5 nitrogen and oxygen atoms in total. The number of nitrogens with two attached hydrogens (primary N) is 1. The molecule has 0 bridgehead atoms. The summed E-state index contributed by atoms with van der Waals surface area (Å²) in [5.41, 5.74) is 5.66. The first-order valence-electron chi connectivity index (χ1n) is 5.68. The van der Waals surface area contributed by atoms with Crippen molar-refractivity contribution in [2.75, 3.05) is 13.2 Å². The summed E-state index contributed by atoms with van der Waals surface area (Å²) in [6, 6.07) is -0.772. The lowest BCUT2D eigenvalue weighted by Crippen LogP contribution is -2.38. The van der Waals surface area contributed by atoms with Gasteiger partial charge in [0, 0.05) is 12.5 Å². The summed E-state index contributed by atoms with van der Waals surface area (Å²) < 4.78 is 17.7. The highest BCUT2D eigenvalue weighted by Gasteiger charge is 2.29. The average Bonchev–Trinajstić information content (AvgIpc) is 2.59. The molecule has 17 heavy (non-hydrogen) atoms. The first kappa shape index (κ1) is 14.1. The molecule has 1 aliphatic heterocycles. The summed E-state index contributed by atoms with van der Waals surface area (Å²) in [6.45, 7) is 2.70. The van der Waals surface area contributed by atoms with E-state index in [-0.39, 0.29) is 24.2 Å². The normalized spacial score (nSPS) is 22.4. The highest BCUT2D eigenvalue weighted by molar-refractivity contribution is 5.86. The smallest absolute Gasteiger partial charge is 0.223 e. The fourth-order valence-electron chi connectivity index (χ4n) is 1.66. The van der Waals surface area contributed by atoms with Gasteiger partial charge < -0.3 is 15.8 Å². The molecule has 6 heteroatoms. The summed E-state index contributed by atoms with van der Waals surface area (Å²) >= 11 is 0. The molecule has 0 saturated carbocycles. The van der Waals surface area contributed by atoms with Crippen molar-refractivity contribution in [2.24, 2.45) is 11.7 Å². The highest BCUT2D eigenvalue weighted by atomic mass is 19.2. The maximum atomic E-state index is 13.0. The van der Waals surface area contributed by atoms with Crippen molar-refractivity contribution in [3.63, 3.8) is 0 Å². The summed E-state index contributed by atoms with van der Waals surface area (Å²) in [5, 5.41) is 2.67. The predicted molar refractivity (Wildman–Crippen MR) is 59.9 cm³/mol. The van der Waals surface area contributed by atoms with E-state index in [1.54, 1.807) is 0 Å². The first-order chi connectivity index (χ1) is 7.79. The summed E-state index contributed by atoms with van der Waals surface area (Å²) in [6.07, 6.45) is 0.982. The Balaban J connectivity index is 2.34. The third-order valence-electron chi connectivity index (χ3n) is 2.67. The fourth-order valence-corrected chi connectivity index (χ4v) is 1.66. The number of carbonyl (C=O) groups is 2. The maximum absolute atomic E-state index is 13.0. The monoisotopic (exact) mass is 246 g/mol. The van der Waals surface area contributed by atoms with E-state index in [0.717, 1.165) is 0 Å². The molecule has 3 N–H and O–H groups in total. The van der Waals surface area contributed by atoms with Gasteiger partial charge in [-0.1, -0.05) is 0 Å². The third-order valence-corrected chi connectivity index (χ3v) is 2.67. The molecule has 2 atom stereocenters. The number of Topliss-reactive ketones (excluding diaryl/α,β-unsaturated/α-hetero) is 1. The van der Waals surface area contributed by atoms with E-state index < -0.39 is 11.9 Å². The minimum Gasteiger partial charge on any atom is -0.356 e. The van der Waals surface area contributed by atoms with Crippen LogP contribution in [-0.4, -0.2) is 36.7 Å². The van der Waals surface area contributed by atoms with Gasteiger partial charge in [-0.15, -0.1) is 0 Å². The van der Waals surface area contributed by atoms with Crippen LogP contribution in [0.2, 0.25) is 0 Å². The molecule has 0 unspecified atom stereocenters. The number of nitrogens with one attached hydrogen (secondary N) is 1. The minimum absolute atomic E-state index is 0.0695. The molecular formula is C11H19FN2O3. The second kappa shape index (κ2) is 5.55. The Morgan fingerprint density at radius 1 is 1.71 bits per heavy atom. The molecule has 98 valence electrons. The van der Waals surface area contributed by atoms with Crippen LogP contribution in [-0.2, 0) is 14.3 Å².